The first kappa shape index (κ1) is 14.2. The van der Waals surface area contributed by atoms with Gasteiger partial charge in [0.2, 0.25) is 10.0 Å². The molecule has 0 aliphatic rings. The van der Waals surface area contributed by atoms with Gasteiger partial charge >= 0.3 is 0 Å². The van der Waals surface area contributed by atoms with Crippen LogP contribution in [0.15, 0.2) is 40.1 Å². The molecule has 0 fully saturated rings. The van der Waals surface area contributed by atoms with Crippen molar-refractivity contribution < 1.29 is 8.42 Å². The minimum absolute atomic E-state index is 0.329. The molecule has 1 aromatic heterocycles. The van der Waals surface area contributed by atoms with E-state index in [4.69, 9.17) is 0 Å². The molecule has 0 saturated carbocycles. The van der Waals surface area contributed by atoms with E-state index in [-0.39, 0.29) is 0 Å². The number of rotatable bonds is 5. The summed E-state index contributed by atoms with van der Waals surface area (Å²) in [5.41, 5.74) is 3.56. The van der Waals surface area contributed by atoms with Crippen molar-refractivity contribution in [3.8, 4) is 11.3 Å². The maximum Gasteiger partial charge on any atom is 0.243 e. The Hall–Kier alpha value is -1.24. The number of thiazole rings is 1. The highest BCUT2D eigenvalue weighted by Gasteiger charge is 2.21. The van der Waals surface area contributed by atoms with Crippen LogP contribution in [0.3, 0.4) is 0 Å². The molecule has 1 heterocycles. The summed E-state index contributed by atoms with van der Waals surface area (Å²) in [5.74, 6) is 0. The molecule has 0 aliphatic heterocycles. The van der Waals surface area contributed by atoms with E-state index in [1.165, 1.54) is 15.6 Å². The van der Waals surface area contributed by atoms with Crippen molar-refractivity contribution in [3.05, 3.63) is 35.2 Å². The highest BCUT2D eigenvalue weighted by atomic mass is 32.2. The fourth-order valence-electron chi connectivity index (χ4n) is 1.87. The van der Waals surface area contributed by atoms with Crippen LogP contribution >= 0.6 is 11.3 Å². The van der Waals surface area contributed by atoms with Gasteiger partial charge in [0, 0.05) is 24.0 Å². The number of nitrogens with zero attached hydrogens (tertiary/aromatic N) is 2. The molecular weight excluding hydrogens is 280 g/mol. The fourth-order valence-corrected chi connectivity index (χ4v) is 3.88. The Morgan fingerprint density at radius 3 is 2.26 bits per heavy atom. The predicted molar refractivity (Wildman–Crippen MR) is 77.7 cm³/mol. The number of hydrogen-bond donors (Lipinski definition) is 0. The van der Waals surface area contributed by atoms with Crippen molar-refractivity contribution >= 4 is 21.4 Å². The van der Waals surface area contributed by atoms with Gasteiger partial charge in [0.15, 0.2) is 0 Å². The molecule has 0 unspecified atom stereocenters. The lowest BCUT2D eigenvalue weighted by Gasteiger charge is -2.18. The van der Waals surface area contributed by atoms with Crippen molar-refractivity contribution in [1.29, 1.82) is 0 Å². The zero-order chi connectivity index (χ0) is 13.9. The monoisotopic (exact) mass is 296 g/mol. The molecule has 0 aliphatic carbocycles. The Balaban J connectivity index is 2.33. The molecule has 0 amide bonds. The lowest BCUT2D eigenvalue weighted by atomic mass is 10.2. The second-order valence-corrected chi connectivity index (χ2v) is 6.64. The zero-order valence-corrected chi connectivity index (χ0v) is 12.5. The van der Waals surface area contributed by atoms with Crippen LogP contribution in [0.1, 0.15) is 13.8 Å². The zero-order valence-electron chi connectivity index (χ0n) is 10.9. The van der Waals surface area contributed by atoms with Crippen LogP contribution in [0.5, 0.6) is 0 Å². The van der Waals surface area contributed by atoms with Crippen molar-refractivity contribution in [3.63, 3.8) is 0 Å². The van der Waals surface area contributed by atoms with Crippen molar-refractivity contribution in [2.24, 2.45) is 0 Å². The highest BCUT2D eigenvalue weighted by molar-refractivity contribution is 7.89. The SMILES string of the molecule is CCN(CC)S(=O)(=O)c1ccc(-c2cscn2)cc1. The van der Waals surface area contributed by atoms with Crippen LogP contribution in [0.25, 0.3) is 11.3 Å². The third-order valence-corrected chi connectivity index (χ3v) is 5.58. The van der Waals surface area contributed by atoms with Crippen LogP contribution in [0.4, 0.5) is 0 Å². The molecule has 0 N–H and O–H groups in total. The van der Waals surface area contributed by atoms with Crippen LogP contribution in [-0.2, 0) is 10.0 Å². The first-order chi connectivity index (χ1) is 9.09. The Morgan fingerprint density at radius 2 is 1.79 bits per heavy atom. The Labute approximate surface area is 117 Å². The third kappa shape index (κ3) is 2.86. The fraction of sp³-hybridized carbons (Fsp3) is 0.308. The van der Waals surface area contributed by atoms with Gasteiger partial charge in [0.1, 0.15) is 0 Å². The summed E-state index contributed by atoms with van der Waals surface area (Å²) >= 11 is 1.52. The molecule has 0 bridgehead atoms. The summed E-state index contributed by atoms with van der Waals surface area (Å²) in [4.78, 5) is 4.53. The Morgan fingerprint density at radius 1 is 1.16 bits per heavy atom. The van der Waals surface area contributed by atoms with Crippen molar-refractivity contribution in [2.75, 3.05) is 13.1 Å². The third-order valence-electron chi connectivity index (χ3n) is 2.93. The number of hydrogen-bond acceptors (Lipinski definition) is 4. The van der Waals surface area contributed by atoms with Gasteiger partial charge in [-0.15, -0.1) is 11.3 Å². The van der Waals surface area contributed by atoms with Crippen LogP contribution < -0.4 is 0 Å². The van der Waals surface area contributed by atoms with Gasteiger partial charge in [-0.05, 0) is 12.1 Å². The lowest BCUT2D eigenvalue weighted by molar-refractivity contribution is 0.445. The van der Waals surface area contributed by atoms with Gasteiger partial charge in [-0.3, -0.25) is 0 Å². The van der Waals surface area contributed by atoms with Crippen molar-refractivity contribution in [1.82, 2.24) is 9.29 Å². The van der Waals surface area contributed by atoms with Gasteiger partial charge in [0.05, 0.1) is 16.1 Å². The molecule has 0 radical (unpaired) electrons. The van der Waals surface area contributed by atoms with E-state index < -0.39 is 10.0 Å². The first-order valence-electron chi connectivity index (χ1n) is 6.08. The van der Waals surface area contributed by atoms with Crippen LogP contribution in [0, 0.1) is 0 Å². The van der Waals surface area contributed by atoms with E-state index >= 15 is 0 Å². The summed E-state index contributed by atoms with van der Waals surface area (Å²) < 4.78 is 26.1. The molecule has 0 spiro atoms. The second-order valence-electron chi connectivity index (χ2n) is 3.99. The lowest BCUT2D eigenvalue weighted by Crippen LogP contribution is -2.30. The van der Waals surface area contributed by atoms with Gasteiger partial charge in [0.25, 0.3) is 0 Å². The van der Waals surface area contributed by atoms with E-state index in [0.29, 0.717) is 18.0 Å². The average Bonchev–Trinajstić information content (AvgIpc) is 2.94. The normalized spacial score (nSPS) is 11.9. The quantitative estimate of drug-likeness (QED) is 0.852. The molecule has 4 nitrogen and oxygen atoms in total. The first-order valence-corrected chi connectivity index (χ1v) is 8.46. The van der Waals surface area contributed by atoms with Gasteiger partial charge < -0.3 is 0 Å². The molecule has 2 aromatic rings. The predicted octanol–water partition coefficient (Wildman–Crippen LogP) is 2.84. The smallest absolute Gasteiger partial charge is 0.243 e. The number of sulfonamides is 1. The Kier molecular flexibility index (Phi) is 4.34. The molecule has 1 aromatic carbocycles. The van der Waals surface area contributed by atoms with Gasteiger partial charge in [-0.25, -0.2) is 13.4 Å². The summed E-state index contributed by atoms with van der Waals surface area (Å²) in [6.45, 7) is 4.63. The summed E-state index contributed by atoms with van der Waals surface area (Å²) in [6.07, 6.45) is 0. The minimum atomic E-state index is -3.37. The van der Waals surface area contributed by atoms with Gasteiger partial charge in [-0.2, -0.15) is 4.31 Å². The Bertz CT molecular complexity index is 615. The largest absolute Gasteiger partial charge is 0.245 e. The van der Waals surface area contributed by atoms with Crippen molar-refractivity contribution in [2.45, 2.75) is 18.7 Å². The van der Waals surface area contributed by atoms with Gasteiger partial charge in [-0.1, -0.05) is 26.0 Å². The van der Waals surface area contributed by atoms with Crippen LogP contribution in [-0.4, -0.2) is 30.8 Å². The summed E-state index contributed by atoms with van der Waals surface area (Å²) in [5, 5.41) is 1.94. The standard InChI is InChI=1S/C13H16N2O2S2/c1-3-15(4-2)19(16,17)12-7-5-11(6-8-12)13-9-18-10-14-13/h5-10H,3-4H2,1-2H3. The second kappa shape index (κ2) is 5.81. The number of benzene rings is 1. The summed E-state index contributed by atoms with van der Waals surface area (Å²) in [6, 6.07) is 6.88. The minimum Gasteiger partial charge on any atom is -0.245 e. The van der Waals surface area contributed by atoms with E-state index in [2.05, 4.69) is 4.98 Å². The highest BCUT2D eigenvalue weighted by Crippen LogP contribution is 2.22. The molecule has 2 rings (SSSR count). The molecule has 0 saturated heterocycles. The number of aromatic nitrogens is 1. The maximum atomic E-state index is 12.3. The van der Waals surface area contributed by atoms with E-state index in [0.717, 1.165) is 11.3 Å². The molecule has 102 valence electrons. The molecule has 6 heteroatoms. The van der Waals surface area contributed by atoms with E-state index in [9.17, 15) is 8.42 Å². The van der Waals surface area contributed by atoms with E-state index in [1.807, 2.05) is 19.2 Å². The van der Waals surface area contributed by atoms with E-state index in [1.54, 1.807) is 29.8 Å². The maximum absolute atomic E-state index is 12.3. The molecule has 0 atom stereocenters. The molecule has 19 heavy (non-hydrogen) atoms. The molecular formula is C13H16N2O2S2. The summed E-state index contributed by atoms with van der Waals surface area (Å²) in [7, 11) is -3.37. The topological polar surface area (TPSA) is 50.3 Å². The average molecular weight is 296 g/mol. The van der Waals surface area contributed by atoms with Crippen LogP contribution in [0.2, 0.25) is 0 Å².